The number of aromatic nitrogens is 4. The molecule has 0 bridgehead atoms. The lowest BCUT2D eigenvalue weighted by molar-refractivity contribution is -0.122. The predicted octanol–water partition coefficient (Wildman–Crippen LogP) is 3.54. The zero-order valence-corrected chi connectivity index (χ0v) is 19.1. The van der Waals surface area contributed by atoms with E-state index in [-0.39, 0.29) is 18.1 Å². The van der Waals surface area contributed by atoms with Crippen LogP contribution in [0.25, 0.3) is 5.65 Å². The molecule has 4 rings (SSSR count). The van der Waals surface area contributed by atoms with Crippen LogP contribution in [0.5, 0.6) is 0 Å². The molecular formula is C24H25N5O2S. The number of benzene rings is 2. The Hall–Kier alpha value is -3.39. The lowest BCUT2D eigenvalue weighted by atomic mass is 10.1. The van der Waals surface area contributed by atoms with E-state index in [4.69, 9.17) is 0 Å². The lowest BCUT2D eigenvalue weighted by Gasteiger charge is -2.06. The van der Waals surface area contributed by atoms with Crippen LogP contribution in [0.15, 0.2) is 69.6 Å². The minimum Gasteiger partial charge on any atom is -0.350 e. The third-order valence-corrected chi connectivity index (χ3v) is 6.38. The Morgan fingerprint density at radius 2 is 1.84 bits per heavy atom. The predicted molar refractivity (Wildman–Crippen MR) is 125 cm³/mol. The Balaban J connectivity index is 1.50. The first-order valence-corrected chi connectivity index (χ1v) is 11.3. The SMILES string of the molecule is CCc1ccc(CNC(=O)Cn2nc3c(Sc4ccc(C)cc4C)nccn3c2=O)cc1. The zero-order chi connectivity index (χ0) is 22.7. The Bertz CT molecular complexity index is 1320. The van der Waals surface area contributed by atoms with Crippen molar-refractivity contribution in [2.75, 3.05) is 0 Å². The number of aryl methyl sites for hydroxylation is 3. The summed E-state index contributed by atoms with van der Waals surface area (Å²) in [6, 6.07) is 14.3. The van der Waals surface area contributed by atoms with E-state index < -0.39 is 0 Å². The minimum absolute atomic E-state index is 0.152. The molecule has 1 amide bonds. The van der Waals surface area contributed by atoms with Gasteiger partial charge in [-0.15, -0.1) is 5.10 Å². The van der Waals surface area contributed by atoms with Crippen LogP contribution in [0.1, 0.15) is 29.2 Å². The molecule has 2 heterocycles. The van der Waals surface area contributed by atoms with Gasteiger partial charge >= 0.3 is 5.69 Å². The van der Waals surface area contributed by atoms with Crippen LogP contribution in [-0.4, -0.2) is 25.1 Å². The standard InChI is InChI=1S/C24H25N5O2S/c1-4-18-6-8-19(9-7-18)14-26-21(30)15-29-24(31)28-12-11-25-23(22(28)27-29)32-20-10-5-16(2)13-17(20)3/h5-13H,4,14-15H2,1-3H3,(H,26,30). The van der Waals surface area contributed by atoms with Crippen molar-refractivity contribution in [3.8, 4) is 0 Å². The van der Waals surface area contributed by atoms with E-state index in [1.807, 2.05) is 38.1 Å². The molecule has 0 fully saturated rings. The van der Waals surface area contributed by atoms with E-state index >= 15 is 0 Å². The topological polar surface area (TPSA) is 81.3 Å². The Morgan fingerprint density at radius 3 is 2.56 bits per heavy atom. The molecule has 0 saturated heterocycles. The van der Waals surface area contributed by atoms with Gasteiger partial charge < -0.3 is 5.32 Å². The number of fused-ring (bicyclic) bond motifs is 1. The molecule has 7 nitrogen and oxygen atoms in total. The summed E-state index contributed by atoms with van der Waals surface area (Å²) in [4.78, 5) is 30.7. The highest BCUT2D eigenvalue weighted by molar-refractivity contribution is 7.99. The maximum atomic E-state index is 12.8. The van der Waals surface area contributed by atoms with Crippen molar-refractivity contribution in [3.05, 3.63) is 87.6 Å². The van der Waals surface area contributed by atoms with Gasteiger partial charge in [0.15, 0.2) is 5.65 Å². The van der Waals surface area contributed by atoms with Gasteiger partial charge in [-0.1, -0.05) is 60.6 Å². The molecule has 8 heteroatoms. The van der Waals surface area contributed by atoms with Crippen LogP contribution in [0.3, 0.4) is 0 Å². The maximum absolute atomic E-state index is 12.8. The highest BCUT2D eigenvalue weighted by Gasteiger charge is 2.15. The third kappa shape index (κ3) is 4.75. The van der Waals surface area contributed by atoms with Gasteiger partial charge in [0.2, 0.25) is 5.91 Å². The summed E-state index contributed by atoms with van der Waals surface area (Å²) in [5, 5.41) is 7.87. The zero-order valence-electron chi connectivity index (χ0n) is 18.3. The quantitative estimate of drug-likeness (QED) is 0.469. The molecule has 0 saturated carbocycles. The monoisotopic (exact) mass is 447 g/mol. The summed E-state index contributed by atoms with van der Waals surface area (Å²) >= 11 is 1.46. The first kappa shape index (κ1) is 21.8. The van der Waals surface area contributed by atoms with Crippen LogP contribution in [0, 0.1) is 13.8 Å². The van der Waals surface area contributed by atoms with Gasteiger partial charge in [-0.2, -0.15) is 0 Å². The Kier molecular flexibility index (Phi) is 6.41. The molecule has 0 aliphatic heterocycles. The average Bonchev–Trinajstić information content (AvgIpc) is 3.11. The molecule has 0 aliphatic rings. The fraction of sp³-hybridized carbons (Fsp3) is 0.250. The number of amides is 1. The number of rotatable bonds is 7. The molecule has 164 valence electrons. The normalized spacial score (nSPS) is 11.1. The van der Waals surface area contributed by atoms with Crippen molar-refractivity contribution in [2.24, 2.45) is 0 Å². The minimum atomic E-state index is -0.368. The molecule has 0 atom stereocenters. The molecular weight excluding hydrogens is 422 g/mol. The second-order valence-corrected chi connectivity index (χ2v) is 8.71. The van der Waals surface area contributed by atoms with E-state index in [0.717, 1.165) is 22.4 Å². The average molecular weight is 448 g/mol. The summed E-state index contributed by atoms with van der Waals surface area (Å²) in [5.74, 6) is -0.272. The van der Waals surface area contributed by atoms with Crippen LogP contribution in [0.4, 0.5) is 0 Å². The third-order valence-electron chi connectivity index (χ3n) is 5.22. The van der Waals surface area contributed by atoms with Gasteiger partial charge in [0, 0.05) is 23.8 Å². The summed E-state index contributed by atoms with van der Waals surface area (Å²) < 4.78 is 2.61. The molecule has 4 aromatic rings. The van der Waals surface area contributed by atoms with E-state index in [1.54, 1.807) is 12.4 Å². The Labute approximate surface area is 190 Å². The number of nitrogens with one attached hydrogen (secondary N) is 1. The summed E-state index contributed by atoms with van der Waals surface area (Å²) in [6.45, 7) is 6.44. The maximum Gasteiger partial charge on any atom is 0.350 e. The number of hydrogen-bond acceptors (Lipinski definition) is 5. The van der Waals surface area contributed by atoms with Crippen molar-refractivity contribution in [1.82, 2.24) is 24.5 Å². The Morgan fingerprint density at radius 1 is 1.09 bits per heavy atom. The van der Waals surface area contributed by atoms with Gasteiger partial charge in [-0.25, -0.2) is 18.9 Å². The molecule has 32 heavy (non-hydrogen) atoms. The highest BCUT2D eigenvalue weighted by atomic mass is 32.2. The summed E-state index contributed by atoms with van der Waals surface area (Å²) in [7, 11) is 0. The van der Waals surface area contributed by atoms with Gasteiger partial charge in [0.1, 0.15) is 11.6 Å². The molecule has 1 N–H and O–H groups in total. The number of nitrogens with zero attached hydrogens (tertiary/aromatic N) is 4. The van der Waals surface area contributed by atoms with Crippen LogP contribution < -0.4 is 11.0 Å². The summed E-state index contributed by atoms with van der Waals surface area (Å²) in [5.41, 5.74) is 4.64. The fourth-order valence-corrected chi connectivity index (χ4v) is 4.31. The van der Waals surface area contributed by atoms with Gasteiger partial charge in [0.25, 0.3) is 0 Å². The van der Waals surface area contributed by atoms with Crippen molar-refractivity contribution in [2.45, 2.75) is 50.2 Å². The second-order valence-electron chi connectivity index (χ2n) is 7.68. The largest absolute Gasteiger partial charge is 0.350 e. The summed E-state index contributed by atoms with van der Waals surface area (Å²) in [6.07, 6.45) is 4.12. The van der Waals surface area contributed by atoms with E-state index in [1.165, 1.54) is 32.0 Å². The number of carbonyl (C=O) groups excluding carboxylic acids is 1. The fourth-order valence-electron chi connectivity index (χ4n) is 3.40. The number of hydrogen-bond donors (Lipinski definition) is 1. The molecule has 0 radical (unpaired) electrons. The van der Waals surface area contributed by atoms with Crippen molar-refractivity contribution in [3.63, 3.8) is 0 Å². The second kappa shape index (κ2) is 9.40. The van der Waals surface area contributed by atoms with Gasteiger partial charge in [0.05, 0.1) is 0 Å². The number of carbonyl (C=O) groups is 1. The van der Waals surface area contributed by atoms with E-state index in [9.17, 15) is 9.59 Å². The molecule has 0 aliphatic carbocycles. The van der Waals surface area contributed by atoms with Crippen molar-refractivity contribution >= 4 is 23.3 Å². The first-order valence-electron chi connectivity index (χ1n) is 10.5. The van der Waals surface area contributed by atoms with E-state index in [2.05, 4.69) is 40.5 Å². The smallest absolute Gasteiger partial charge is 0.350 e. The molecule has 0 unspecified atom stereocenters. The highest BCUT2D eigenvalue weighted by Crippen LogP contribution is 2.30. The molecule has 2 aromatic carbocycles. The molecule has 2 aromatic heterocycles. The van der Waals surface area contributed by atoms with Crippen molar-refractivity contribution < 1.29 is 4.79 Å². The first-order chi connectivity index (χ1) is 15.4. The molecule has 0 spiro atoms. The van der Waals surface area contributed by atoms with Gasteiger partial charge in [-0.3, -0.25) is 4.79 Å². The van der Waals surface area contributed by atoms with Gasteiger partial charge in [-0.05, 0) is 43.0 Å². The van der Waals surface area contributed by atoms with Crippen LogP contribution in [0.2, 0.25) is 0 Å². The van der Waals surface area contributed by atoms with Crippen LogP contribution in [-0.2, 0) is 24.3 Å². The van der Waals surface area contributed by atoms with E-state index in [0.29, 0.717) is 17.2 Å². The lowest BCUT2D eigenvalue weighted by Crippen LogP contribution is -2.32. The van der Waals surface area contributed by atoms with Crippen molar-refractivity contribution in [1.29, 1.82) is 0 Å². The van der Waals surface area contributed by atoms with Crippen LogP contribution >= 0.6 is 11.8 Å².